The topological polar surface area (TPSA) is 64.9 Å². The van der Waals surface area contributed by atoms with E-state index in [0.29, 0.717) is 17.8 Å². The van der Waals surface area contributed by atoms with Gasteiger partial charge in [0.1, 0.15) is 23.5 Å². The molecule has 1 aromatic carbocycles. The van der Waals surface area contributed by atoms with Crippen LogP contribution < -0.4 is 9.96 Å². The smallest absolute Gasteiger partial charge is 0.178 e. The van der Waals surface area contributed by atoms with Crippen LogP contribution in [-0.4, -0.2) is 33.8 Å². The molecule has 6 nitrogen and oxygen atoms in total. The van der Waals surface area contributed by atoms with E-state index < -0.39 is 0 Å². The van der Waals surface area contributed by atoms with Crippen molar-refractivity contribution in [3.63, 3.8) is 0 Å². The van der Waals surface area contributed by atoms with Crippen molar-refractivity contribution >= 4 is 19.0 Å². The Kier molecular flexibility index (Phi) is 6.49. The standard InChI is InChI=1S/C24H24BN5O/c1-3-5-6-20(4-2)31-21-13-7-17(8-14-21)23-22-15-26-16-27-24(22)30(29-23)19-11-9-18(28-25)10-12-19/h1,4-8,13-16,18-19,28H,9-12H2,2H3/b6-5-,20-4+. The fourth-order valence-corrected chi connectivity index (χ4v) is 3.97. The van der Waals surface area contributed by atoms with Crippen molar-refractivity contribution in [1.29, 1.82) is 0 Å². The van der Waals surface area contributed by atoms with Crippen LogP contribution >= 0.6 is 0 Å². The molecule has 31 heavy (non-hydrogen) atoms. The zero-order valence-corrected chi connectivity index (χ0v) is 17.5. The minimum absolute atomic E-state index is 0.304. The highest BCUT2D eigenvalue weighted by Crippen LogP contribution is 2.34. The van der Waals surface area contributed by atoms with E-state index in [-0.39, 0.29) is 0 Å². The normalized spacial score (nSPS) is 19.5. The largest absolute Gasteiger partial charge is 0.458 e. The lowest BCUT2D eigenvalue weighted by Gasteiger charge is -2.28. The van der Waals surface area contributed by atoms with Gasteiger partial charge < -0.3 is 9.96 Å². The van der Waals surface area contributed by atoms with Crippen molar-refractivity contribution in [1.82, 2.24) is 25.0 Å². The summed E-state index contributed by atoms with van der Waals surface area (Å²) in [5, 5.41) is 8.80. The molecule has 1 saturated carbocycles. The van der Waals surface area contributed by atoms with E-state index in [1.807, 2.05) is 43.5 Å². The van der Waals surface area contributed by atoms with E-state index in [2.05, 4.69) is 25.8 Å². The summed E-state index contributed by atoms with van der Waals surface area (Å²) in [6, 6.07) is 8.53. The lowest BCUT2D eigenvalue weighted by atomic mass is 9.90. The molecule has 1 aliphatic rings. The second-order valence-corrected chi connectivity index (χ2v) is 7.54. The third kappa shape index (κ3) is 4.55. The zero-order valence-electron chi connectivity index (χ0n) is 17.5. The molecular weight excluding hydrogens is 385 g/mol. The monoisotopic (exact) mass is 409 g/mol. The second kappa shape index (κ2) is 9.63. The average Bonchev–Trinajstić information content (AvgIpc) is 3.22. The van der Waals surface area contributed by atoms with Gasteiger partial charge in [-0.05, 0) is 81.1 Å². The van der Waals surface area contributed by atoms with Crippen LogP contribution in [0.1, 0.15) is 38.6 Å². The maximum absolute atomic E-state index is 5.88. The number of fused-ring (bicyclic) bond motifs is 1. The molecule has 1 N–H and O–H groups in total. The maximum Gasteiger partial charge on any atom is 0.178 e. The van der Waals surface area contributed by atoms with Crippen LogP contribution in [0.4, 0.5) is 0 Å². The van der Waals surface area contributed by atoms with Gasteiger partial charge in [0, 0.05) is 11.8 Å². The van der Waals surface area contributed by atoms with Crippen molar-refractivity contribution in [2.75, 3.05) is 0 Å². The van der Waals surface area contributed by atoms with Gasteiger partial charge in [-0.1, -0.05) is 5.92 Å². The van der Waals surface area contributed by atoms with Gasteiger partial charge in [0.25, 0.3) is 0 Å². The third-order valence-electron chi connectivity index (χ3n) is 5.64. The highest BCUT2D eigenvalue weighted by molar-refractivity contribution is 6.04. The Labute approximate surface area is 183 Å². The molecule has 1 fully saturated rings. The first kappa shape index (κ1) is 20.9. The van der Waals surface area contributed by atoms with Gasteiger partial charge >= 0.3 is 0 Å². The number of hydrogen-bond acceptors (Lipinski definition) is 5. The minimum Gasteiger partial charge on any atom is -0.458 e. The third-order valence-corrected chi connectivity index (χ3v) is 5.64. The molecule has 0 aliphatic heterocycles. The van der Waals surface area contributed by atoms with Crippen LogP contribution in [0.5, 0.6) is 5.75 Å². The number of benzene rings is 1. The van der Waals surface area contributed by atoms with Crippen molar-refractivity contribution < 1.29 is 4.74 Å². The Morgan fingerprint density at radius 3 is 2.71 bits per heavy atom. The molecule has 2 radical (unpaired) electrons. The summed E-state index contributed by atoms with van der Waals surface area (Å²) in [6.45, 7) is 1.90. The van der Waals surface area contributed by atoms with Crippen LogP contribution in [0, 0.1) is 12.3 Å². The van der Waals surface area contributed by atoms with Crippen LogP contribution in [0.15, 0.2) is 60.8 Å². The lowest BCUT2D eigenvalue weighted by molar-refractivity contribution is 0.300. The van der Waals surface area contributed by atoms with Gasteiger partial charge in [-0.15, -0.1) is 6.42 Å². The predicted molar refractivity (Wildman–Crippen MR) is 123 cm³/mol. The molecule has 154 valence electrons. The van der Waals surface area contributed by atoms with E-state index in [9.17, 15) is 0 Å². The number of terminal acetylenes is 1. The van der Waals surface area contributed by atoms with E-state index in [1.165, 1.54) is 0 Å². The summed E-state index contributed by atoms with van der Waals surface area (Å²) >= 11 is 0. The maximum atomic E-state index is 5.88. The van der Waals surface area contributed by atoms with Gasteiger partial charge in [-0.3, -0.25) is 0 Å². The molecule has 0 unspecified atom stereocenters. The zero-order chi connectivity index (χ0) is 21.6. The summed E-state index contributed by atoms with van der Waals surface area (Å²) < 4.78 is 7.94. The summed E-state index contributed by atoms with van der Waals surface area (Å²) in [4.78, 5) is 8.76. The Balaban J connectivity index is 1.61. The lowest BCUT2D eigenvalue weighted by Crippen LogP contribution is -2.32. The predicted octanol–water partition coefficient (Wildman–Crippen LogP) is 4.12. The van der Waals surface area contributed by atoms with Crippen molar-refractivity contribution in [2.45, 2.75) is 44.7 Å². The van der Waals surface area contributed by atoms with Gasteiger partial charge in [-0.2, -0.15) is 5.10 Å². The number of nitrogens with one attached hydrogen (secondary N) is 1. The Bertz CT molecular complexity index is 1130. The van der Waals surface area contributed by atoms with Crippen molar-refractivity contribution in [3.8, 4) is 29.4 Å². The van der Waals surface area contributed by atoms with Crippen LogP contribution in [0.25, 0.3) is 22.3 Å². The molecule has 0 bridgehead atoms. The van der Waals surface area contributed by atoms with Crippen LogP contribution in [0.2, 0.25) is 0 Å². The second-order valence-electron chi connectivity index (χ2n) is 7.54. The van der Waals surface area contributed by atoms with Crippen LogP contribution in [0.3, 0.4) is 0 Å². The van der Waals surface area contributed by atoms with E-state index >= 15 is 0 Å². The molecule has 2 aromatic heterocycles. The fourth-order valence-electron chi connectivity index (χ4n) is 3.97. The number of hydrogen-bond donors (Lipinski definition) is 1. The molecule has 4 rings (SSSR count). The molecule has 0 atom stereocenters. The van der Waals surface area contributed by atoms with Gasteiger partial charge in [0.15, 0.2) is 13.6 Å². The molecule has 0 spiro atoms. The number of ether oxygens (including phenoxy) is 1. The summed E-state index contributed by atoms with van der Waals surface area (Å²) in [6.07, 6.45) is 18.0. The van der Waals surface area contributed by atoms with Crippen molar-refractivity contribution in [3.05, 3.63) is 60.8 Å². The molecule has 7 heteroatoms. The molecule has 2 heterocycles. The molecule has 1 aliphatic carbocycles. The van der Waals surface area contributed by atoms with Gasteiger partial charge in [0.2, 0.25) is 0 Å². The number of allylic oxidation sites excluding steroid dienone is 3. The quantitative estimate of drug-likeness (QED) is 0.287. The fraction of sp³-hybridized carbons (Fsp3) is 0.292. The highest BCUT2D eigenvalue weighted by Gasteiger charge is 2.25. The average molecular weight is 409 g/mol. The van der Waals surface area contributed by atoms with Crippen molar-refractivity contribution in [2.24, 2.45) is 0 Å². The SMILES string of the molecule is [B]NC1CCC(n2nc(-c3ccc(OC(/C=C\C#C)=C/C)cc3)c3cncnc32)CC1. The first-order chi connectivity index (χ1) is 15.2. The van der Waals surface area contributed by atoms with Gasteiger partial charge in [0.05, 0.1) is 11.4 Å². The number of aromatic nitrogens is 4. The van der Waals surface area contributed by atoms with Crippen LogP contribution in [-0.2, 0) is 0 Å². The Morgan fingerprint density at radius 2 is 2.03 bits per heavy atom. The molecule has 0 amide bonds. The summed E-state index contributed by atoms with van der Waals surface area (Å²) in [7, 11) is 5.61. The Morgan fingerprint density at radius 1 is 1.26 bits per heavy atom. The van der Waals surface area contributed by atoms with Gasteiger partial charge in [-0.25, -0.2) is 14.6 Å². The summed E-state index contributed by atoms with van der Waals surface area (Å²) in [5.41, 5.74) is 2.73. The highest BCUT2D eigenvalue weighted by atomic mass is 16.5. The van der Waals surface area contributed by atoms with E-state index in [4.69, 9.17) is 24.2 Å². The van der Waals surface area contributed by atoms with E-state index in [0.717, 1.165) is 53.7 Å². The molecular formula is C24H24BN5O. The number of nitrogens with zero attached hydrogens (tertiary/aromatic N) is 4. The minimum atomic E-state index is 0.304. The van der Waals surface area contributed by atoms with E-state index in [1.54, 1.807) is 18.5 Å². The molecule has 0 saturated heterocycles. The first-order valence-corrected chi connectivity index (χ1v) is 10.4. The Hall–Kier alpha value is -3.37. The molecule has 3 aromatic rings. The summed E-state index contributed by atoms with van der Waals surface area (Å²) in [5.74, 6) is 3.89. The number of rotatable bonds is 6. The first-order valence-electron chi connectivity index (χ1n) is 10.4.